The predicted molar refractivity (Wildman–Crippen MR) is 193 cm³/mol. The van der Waals surface area contributed by atoms with Crippen molar-refractivity contribution in [2.45, 2.75) is 80.4 Å². The Morgan fingerprint density at radius 2 is 0.978 bits per heavy atom. The summed E-state index contributed by atoms with van der Waals surface area (Å²) in [5.74, 6) is -0.253. The number of unbranched alkanes of at least 4 members (excludes halogenated alkanes) is 2. The first kappa shape index (κ1) is 35.5. The molecule has 2 aromatic heterocycles. The number of hydrogen-bond donors (Lipinski definition) is 2. The normalized spacial score (nSPS) is 12.8. The Hall–Kier alpha value is -3.32. The zero-order valence-electron chi connectivity index (χ0n) is 27.8. The van der Waals surface area contributed by atoms with Gasteiger partial charge in [0.1, 0.15) is 0 Å². The molecule has 0 amide bonds. The van der Waals surface area contributed by atoms with Gasteiger partial charge >= 0.3 is 69.5 Å². The molecule has 238 valence electrons. The molecule has 3 aromatic carbocycles. The van der Waals surface area contributed by atoms with Crippen molar-refractivity contribution < 1.29 is 10.2 Å². The van der Waals surface area contributed by atoms with E-state index in [4.69, 9.17) is 9.97 Å². The van der Waals surface area contributed by atoms with E-state index < -0.39 is 12.2 Å². The average Bonchev–Trinajstić information content (AvgIpc) is 3.77. The summed E-state index contributed by atoms with van der Waals surface area (Å²) in [6.07, 6.45) is 6.02. The van der Waals surface area contributed by atoms with Gasteiger partial charge in [0.2, 0.25) is 0 Å². The van der Waals surface area contributed by atoms with Crippen molar-refractivity contribution in [1.82, 2.24) is 9.97 Å². The molecule has 2 heterocycles. The third kappa shape index (κ3) is 9.84. The average molecular weight is 720 g/mol. The van der Waals surface area contributed by atoms with Crippen molar-refractivity contribution in [3.8, 4) is 0 Å². The number of nitrogens with zero attached hydrogens (tertiary/aromatic N) is 2. The van der Waals surface area contributed by atoms with Crippen LogP contribution in [0.3, 0.4) is 0 Å². The Labute approximate surface area is 286 Å². The predicted octanol–water partition coefficient (Wildman–Crippen LogP) is 9.33. The first-order chi connectivity index (χ1) is 22.3. The van der Waals surface area contributed by atoms with Gasteiger partial charge < -0.3 is 20.2 Å². The van der Waals surface area contributed by atoms with E-state index in [2.05, 4.69) is 32.6 Å². The van der Waals surface area contributed by atoms with Crippen LogP contribution < -0.4 is 9.97 Å². The van der Waals surface area contributed by atoms with Crippen molar-refractivity contribution in [3.63, 3.8) is 0 Å². The van der Waals surface area contributed by atoms with Crippen LogP contribution in [0.15, 0.2) is 104 Å². The molecular weight excluding hydrogens is 671 g/mol. The molecule has 5 aromatic rings. The van der Waals surface area contributed by atoms with Crippen LogP contribution in [0.5, 0.6) is 0 Å². The van der Waals surface area contributed by atoms with Gasteiger partial charge in [0.05, 0.1) is 12.2 Å². The summed E-state index contributed by atoms with van der Waals surface area (Å²) in [6.45, 7) is 12.5. The van der Waals surface area contributed by atoms with E-state index >= 15 is 0 Å². The molecule has 0 radical (unpaired) electrons. The number of rotatable bonds is 14. The molecule has 5 heteroatoms. The van der Waals surface area contributed by atoms with Crippen molar-refractivity contribution in [3.05, 3.63) is 160 Å². The van der Waals surface area contributed by atoms with Crippen LogP contribution >= 0.6 is 0 Å². The standard InChI is InChI=1S/C33H30N2O2.2C4H9.Sn/c1-4-23-9-15-24(16-10-23)31(27-17-19-29(34-27)32(36)25-11-5-21(2)6-12-25)28-18-20-30(35-28)33(37)26-13-7-22(3)8-14-26;2*1-3-4-2;/h4-20,31-33,36-37H,1H2,2-3H3;2*1,3-4H2,2H3;/q-2;;;+2. The van der Waals surface area contributed by atoms with Gasteiger partial charge in [-0.05, 0) is 42.0 Å². The quantitative estimate of drug-likeness (QED) is 0.0887. The van der Waals surface area contributed by atoms with Gasteiger partial charge in [0.25, 0.3) is 0 Å². The summed E-state index contributed by atoms with van der Waals surface area (Å²) in [5.41, 5.74) is 8.71. The topological polar surface area (TPSA) is 68.7 Å². The Balaban J connectivity index is 0.000000468. The third-order valence-corrected chi connectivity index (χ3v) is 12.3. The molecule has 0 saturated carbocycles. The van der Waals surface area contributed by atoms with Crippen molar-refractivity contribution >= 4 is 27.2 Å². The van der Waals surface area contributed by atoms with Crippen LogP contribution in [0.25, 0.3) is 6.08 Å². The van der Waals surface area contributed by atoms with Crippen molar-refractivity contribution in [2.24, 2.45) is 0 Å². The summed E-state index contributed by atoms with van der Waals surface area (Å²) in [4.78, 5) is 9.71. The van der Waals surface area contributed by atoms with Gasteiger partial charge in [-0.3, -0.25) is 0 Å². The number of hydrogen-bond acceptors (Lipinski definition) is 2. The molecule has 0 fully saturated rings. The molecule has 2 atom stereocenters. The minimum absolute atomic E-state index is 0.149. The Morgan fingerprint density at radius 3 is 1.37 bits per heavy atom. The van der Waals surface area contributed by atoms with E-state index in [0.29, 0.717) is 11.4 Å². The van der Waals surface area contributed by atoms with E-state index in [1.54, 1.807) is 8.87 Å². The molecule has 0 aliphatic carbocycles. The number of aromatic nitrogens is 2. The SMILES string of the molecule is C=Cc1ccc(C(c2ccc(C(O)c3ccc(C)cc3)[n-]2)c2ccc(C(O)c3ccc(C)cc3)[n-]2)cc1.CCC[CH2][Sn+2][CH2]CCC. The van der Waals surface area contributed by atoms with Crippen LogP contribution in [0, 0.1) is 13.8 Å². The summed E-state index contributed by atoms with van der Waals surface area (Å²) in [5, 5.41) is 22.0. The van der Waals surface area contributed by atoms with Crippen LogP contribution in [0.2, 0.25) is 8.87 Å². The van der Waals surface area contributed by atoms with E-state index in [9.17, 15) is 10.2 Å². The second-order valence-electron chi connectivity index (χ2n) is 12.0. The maximum absolute atomic E-state index is 11.0. The molecule has 2 N–H and O–H groups in total. The fourth-order valence-electron chi connectivity index (χ4n) is 5.30. The van der Waals surface area contributed by atoms with Gasteiger partial charge in [0, 0.05) is 0 Å². The number of aliphatic hydroxyl groups is 2. The van der Waals surface area contributed by atoms with Crippen molar-refractivity contribution in [1.29, 1.82) is 0 Å². The summed E-state index contributed by atoms with van der Waals surface area (Å²) in [7, 11) is 0. The maximum atomic E-state index is 11.0. The Morgan fingerprint density at radius 1 is 0.587 bits per heavy atom. The van der Waals surface area contributed by atoms with E-state index in [0.717, 1.165) is 44.8 Å². The van der Waals surface area contributed by atoms with Crippen molar-refractivity contribution in [2.75, 3.05) is 0 Å². The zero-order chi connectivity index (χ0) is 32.9. The summed E-state index contributed by atoms with van der Waals surface area (Å²) >= 11 is 0.149. The first-order valence-corrected chi connectivity index (χ1v) is 20.6. The molecule has 0 aliphatic rings. The van der Waals surface area contributed by atoms with Crippen LogP contribution in [0.4, 0.5) is 0 Å². The molecule has 0 saturated heterocycles. The fraction of sp³-hybridized carbons (Fsp3) is 0.317. The zero-order valence-corrected chi connectivity index (χ0v) is 30.6. The first-order valence-electron chi connectivity index (χ1n) is 16.5. The summed E-state index contributed by atoms with van der Waals surface area (Å²) < 4.78 is 3.25. The Kier molecular flexibility index (Phi) is 14.0. The molecular formula is C41H48N2O2Sn. The van der Waals surface area contributed by atoms with Gasteiger partial charge in [-0.2, -0.15) is 0 Å². The molecule has 0 spiro atoms. The fourth-order valence-corrected chi connectivity index (χ4v) is 9.46. The number of benzene rings is 3. The third-order valence-electron chi connectivity index (χ3n) is 8.22. The molecule has 5 rings (SSSR count). The Bertz CT molecular complexity index is 1500. The van der Waals surface area contributed by atoms with E-state index in [1.807, 2.05) is 105 Å². The van der Waals surface area contributed by atoms with Gasteiger partial charge in [0.15, 0.2) is 0 Å². The minimum atomic E-state index is -0.815. The second-order valence-corrected chi connectivity index (χ2v) is 16.3. The number of aliphatic hydroxyl groups excluding tert-OH is 2. The van der Waals surface area contributed by atoms with E-state index in [-0.39, 0.29) is 27.1 Å². The molecule has 2 unspecified atom stereocenters. The number of aryl methyl sites for hydroxylation is 2. The van der Waals surface area contributed by atoms with Gasteiger partial charge in [-0.15, -0.1) is 22.8 Å². The van der Waals surface area contributed by atoms with Gasteiger partial charge in [-0.25, -0.2) is 0 Å². The van der Waals surface area contributed by atoms with Crippen LogP contribution in [-0.4, -0.2) is 31.4 Å². The second kappa shape index (κ2) is 18.1. The molecule has 46 heavy (non-hydrogen) atoms. The molecule has 0 aliphatic heterocycles. The van der Waals surface area contributed by atoms with Crippen LogP contribution in [0.1, 0.15) is 114 Å². The molecule has 0 bridgehead atoms. The monoisotopic (exact) mass is 720 g/mol. The van der Waals surface area contributed by atoms with E-state index in [1.165, 1.54) is 25.7 Å². The van der Waals surface area contributed by atoms with Crippen LogP contribution in [-0.2, 0) is 0 Å². The summed E-state index contributed by atoms with van der Waals surface area (Å²) in [6, 6.07) is 31.4. The van der Waals surface area contributed by atoms with Gasteiger partial charge in [-0.1, -0.05) is 121 Å². The molecule has 4 nitrogen and oxygen atoms in total.